The minimum Gasteiger partial charge on any atom is -0.494 e. The highest BCUT2D eigenvalue weighted by atomic mass is 79.9. The molecule has 1 aromatic carbocycles. The first-order chi connectivity index (χ1) is 9.62. The Morgan fingerprint density at radius 1 is 1.20 bits per heavy atom. The lowest BCUT2D eigenvalue weighted by Crippen LogP contribution is -2.22. The molecule has 0 amide bonds. The fourth-order valence-corrected chi connectivity index (χ4v) is 3.88. The van der Waals surface area contributed by atoms with Crippen LogP contribution in [0.5, 0.6) is 5.75 Å². The Labute approximate surface area is 139 Å². The van der Waals surface area contributed by atoms with E-state index >= 15 is 0 Å². The van der Waals surface area contributed by atoms with E-state index in [1.165, 1.54) is 31.2 Å². The third-order valence-electron chi connectivity index (χ3n) is 3.57. The van der Waals surface area contributed by atoms with Gasteiger partial charge < -0.3 is 10.1 Å². The number of rotatable bonds is 9. The van der Waals surface area contributed by atoms with E-state index in [0.29, 0.717) is 0 Å². The fourth-order valence-electron chi connectivity index (χ4n) is 2.27. The number of nitrogens with one attached hydrogen (secondary N) is 1. The molecule has 0 heterocycles. The van der Waals surface area contributed by atoms with Crippen LogP contribution in [-0.2, 0) is 6.54 Å². The average molecular weight is 407 g/mol. The van der Waals surface area contributed by atoms with Gasteiger partial charge in [0.15, 0.2) is 0 Å². The highest BCUT2D eigenvalue weighted by molar-refractivity contribution is 9.11. The summed E-state index contributed by atoms with van der Waals surface area (Å²) in [6.45, 7) is 6.52. The second-order valence-corrected chi connectivity index (χ2v) is 6.85. The zero-order chi connectivity index (χ0) is 15.0. The van der Waals surface area contributed by atoms with Gasteiger partial charge in [-0.15, -0.1) is 0 Å². The number of methoxy groups -OCH3 is 1. The van der Waals surface area contributed by atoms with Crippen LogP contribution < -0.4 is 10.1 Å². The van der Waals surface area contributed by atoms with E-state index in [1.807, 2.05) is 0 Å². The van der Waals surface area contributed by atoms with Crippen molar-refractivity contribution in [2.75, 3.05) is 13.7 Å². The lowest BCUT2D eigenvalue weighted by molar-refractivity contribution is 0.408. The maximum atomic E-state index is 5.32. The number of ether oxygens (including phenoxy) is 1. The van der Waals surface area contributed by atoms with E-state index < -0.39 is 0 Å². The Morgan fingerprint density at radius 2 is 1.85 bits per heavy atom. The minimum absolute atomic E-state index is 0.792. The molecular formula is C16H25Br2NO. The van der Waals surface area contributed by atoms with Crippen molar-refractivity contribution in [1.82, 2.24) is 5.32 Å². The molecule has 0 aliphatic carbocycles. The summed E-state index contributed by atoms with van der Waals surface area (Å²) in [6, 6.07) is 4.23. The van der Waals surface area contributed by atoms with Crippen LogP contribution in [0.3, 0.4) is 0 Å². The Kier molecular flexibility index (Phi) is 8.82. The lowest BCUT2D eigenvalue weighted by atomic mass is 9.99. The summed E-state index contributed by atoms with van der Waals surface area (Å²) < 4.78 is 7.30. The van der Waals surface area contributed by atoms with Gasteiger partial charge in [-0.1, -0.05) is 33.1 Å². The molecule has 0 spiro atoms. The first kappa shape index (κ1) is 18.0. The molecule has 0 aromatic heterocycles. The molecule has 1 rings (SSSR count). The zero-order valence-electron chi connectivity index (χ0n) is 12.6. The highest BCUT2D eigenvalue weighted by Gasteiger charge is 2.09. The van der Waals surface area contributed by atoms with E-state index in [-0.39, 0.29) is 0 Å². The van der Waals surface area contributed by atoms with Gasteiger partial charge in [0.1, 0.15) is 5.75 Å². The number of halogens is 2. The molecule has 1 atom stereocenters. The smallest absolute Gasteiger partial charge is 0.147 e. The van der Waals surface area contributed by atoms with E-state index in [1.54, 1.807) is 7.11 Å². The van der Waals surface area contributed by atoms with Crippen molar-refractivity contribution in [1.29, 1.82) is 0 Å². The van der Waals surface area contributed by atoms with Crippen LogP contribution in [0.4, 0.5) is 0 Å². The second-order valence-electron chi connectivity index (χ2n) is 5.14. The standard InChI is InChI=1S/C16H25Br2NO/c1-4-6-7-12(5-2)10-19-11-13-8-14(17)16(20-3)15(18)9-13/h8-9,12,19H,4-7,10-11H2,1-3H3. The predicted octanol–water partition coefficient (Wildman–Crippen LogP) is 5.53. The Balaban J connectivity index is 2.49. The molecule has 1 unspecified atom stereocenters. The van der Waals surface area contributed by atoms with Crippen molar-refractivity contribution in [3.63, 3.8) is 0 Å². The van der Waals surface area contributed by atoms with Crippen LogP contribution in [-0.4, -0.2) is 13.7 Å². The van der Waals surface area contributed by atoms with E-state index in [9.17, 15) is 0 Å². The molecule has 4 heteroatoms. The van der Waals surface area contributed by atoms with Gasteiger partial charge in [-0.25, -0.2) is 0 Å². The fraction of sp³-hybridized carbons (Fsp3) is 0.625. The largest absolute Gasteiger partial charge is 0.494 e. The number of benzene rings is 1. The number of hydrogen-bond donors (Lipinski definition) is 1. The maximum Gasteiger partial charge on any atom is 0.147 e. The molecule has 0 fully saturated rings. The van der Waals surface area contributed by atoms with Crippen LogP contribution in [0.2, 0.25) is 0 Å². The van der Waals surface area contributed by atoms with Crippen LogP contribution in [0.15, 0.2) is 21.1 Å². The van der Waals surface area contributed by atoms with E-state index in [2.05, 4.69) is 63.2 Å². The molecule has 114 valence electrons. The molecule has 1 N–H and O–H groups in total. The highest BCUT2D eigenvalue weighted by Crippen LogP contribution is 2.34. The summed E-state index contributed by atoms with van der Waals surface area (Å²) in [4.78, 5) is 0. The molecule has 20 heavy (non-hydrogen) atoms. The zero-order valence-corrected chi connectivity index (χ0v) is 15.8. The third-order valence-corrected chi connectivity index (χ3v) is 4.75. The van der Waals surface area contributed by atoms with E-state index in [4.69, 9.17) is 4.74 Å². The Bertz CT molecular complexity index is 386. The number of unbranched alkanes of at least 4 members (excludes halogenated alkanes) is 1. The van der Waals surface area contributed by atoms with Gasteiger partial charge in [-0.3, -0.25) is 0 Å². The minimum atomic E-state index is 0.792. The van der Waals surface area contributed by atoms with E-state index in [0.717, 1.165) is 33.7 Å². The topological polar surface area (TPSA) is 21.3 Å². The quantitative estimate of drug-likeness (QED) is 0.582. The monoisotopic (exact) mass is 405 g/mol. The maximum absolute atomic E-state index is 5.32. The van der Waals surface area contributed by atoms with Crippen LogP contribution in [0, 0.1) is 5.92 Å². The third kappa shape index (κ3) is 5.74. The van der Waals surface area contributed by atoms with Crippen LogP contribution in [0.25, 0.3) is 0 Å². The molecule has 0 saturated carbocycles. The van der Waals surface area contributed by atoms with Gasteiger partial charge in [0, 0.05) is 6.54 Å². The van der Waals surface area contributed by atoms with Crippen molar-refractivity contribution in [3.05, 3.63) is 26.6 Å². The van der Waals surface area contributed by atoms with Gasteiger partial charge in [0.25, 0.3) is 0 Å². The van der Waals surface area contributed by atoms with Crippen molar-refractivity contribution >= 4 is 31.9 Å². The normalized spacial score (nSPS) is 12.4. The summed E-state index contributed by atoms with van der Waals surface area (Å²) in [7, 11) is 1.68. The van der Waals surface area contributed by atoms with Crippen molar-refractivity contribution in [3.8, 4) is 5.75 Å². The average Bonchev–Trinajstić information content (AvgIpc) is 2.42. The van der Waals surface area contributed by atoms with Crippen molar-refractivity contribution < 1.29 is 4.74 Å². The number of hydrogen-bond acceptors (Lipinski definition) is 2. The summed E-state index contributed by atoms with van der Waals surface area (Å²) in [6.07, 6.45) is 5.20. The van der Waals surface area contributed by atoms with Gasteiger partial charge in [0.2, 0.25) is 0 Å². The summed E-state index contributed by atoms with van der Waals surface area (Å²) >= 11 is 7.09. The molecule has 0 saturated heterocycles. The Morgan fingerprint density at radius 3 is 2.35 bits per heavy atom. The molecule has 0 radical (unpaired) electrons. The lowest BCUT2D eigenvalue weighted by Gasteiger charge is -2.16. The first-order valence-corrected chi connectivity index (χ1v) is 8.93. The molecular weight excluding hydrogens is 382 g/mol. The van der Waals surface area contributed by atoms with Gasteiger partial charge in [-0.2, -0.15) is 0 Å². The summed E-state index contributed by atoms with van der Waals surface area (Å²) in [5.41, 5.74) is 1.26. The molecule has 0 bridgehead atoms. The molecule has 0 aliphatic rings. The van der Waals surface area contributed by atoms with Crippen LogP contribution >= 0.6 is 31.9 Å². The molecule has 1 aromatic rings. The summed E-state index contributed by atoms with van der Waals surface area (Å²) in [5, 5.41) is 3.57. The van der Waals surface area contributed by atoms with Gasteiger partial charge >= 0.3 is 0 Å². The first-order valence-electron chi connectivity index (χ1n) is 7.34. The Hall–Kier alpha value is -0.0600. The van der Waals surface area contributed by atoms with Gasteiger partial charge in [-0.05, 0) is 68.4 Å². The van der Waals surface area contributed by atoms with Crippen molar-refractivity contribution in [2.45, 2.75) is 46.1 Å². The molecule has 2 nitrogen and oxygen atoms in total. The molecule has 0 aliphatic heterocycles. The summed E-state index contributed by atoms with van der Waals surface area (Å²) in [5.74, 6) is 1.64. The van der Waals surface area contributed by atoms with Crippen LogP contribution in [0.1, 0.15) is 45.1 Å². The predicted molar refractivity (Wildman–Crippen MR) is 93.4 cm³/mol. The van der Waals surface area contributed by atoms with Crippen molar-refractivity contribution in [2.24, 2.45) is 5.92 Å². The SMILES string of the molecule is CCCCC(CC)CNCc1cc(Br)c(OC)c(Br)c1. The second kappa shape index (κ2) is 9.80. The van der Waals surface area contributed by atoms with Gasteiger partial charge in [0.05, 0.1) is 16.1 Å².